The van der Waals surface area contributed by atoms with Crippen LogP contribution >= 0.6 is 0 Å². The summed E-state index contributed by atoms with van der Waals surface area (Å²) >= 11 is 0. The van der Waals surface area contributed by atoms with Crippen LogP contribution in [0.1, 0.15) is 33.1 Å². The van der Waals surface area contributed by atoms with Gasteiger partial charge in [-0.1, -0.05) is 13.8 Å². The summed E-state index contributed by atoms with van der Waals surface area (Å²) in [7, 11) is 0. The van der Waals surface area contributed by atoms with E-state index in [-0.39, 0.29) is 6.42 Å². The average Bonchev–Trinajstić information content (AvgIpc) is 2.29. The second-order valence-corrected chi connectivity index (χ2v) is 4.57. The Bertz CT molecular complexity index is 178. The van der Waals surface area contributed by atoms with Crippen LogP contribution in [0.3, 0.4) is 0 Å². The van der Waals surface area contributed by atoms with E-state index < -0.39 is 11.3 Å². The van der Waals surface area contributed by atoms with Crippen molar-refractivity contribution in [3.63, 3.8) is 0 Å². The van der Waals surface area contributed by atoms with Crippen LogP contribution in [0.15, 0.2) is 0 Å². The standard InChI is InChI=1S/C9H14F2/c1-6(2)7-3-8(4-7)5-9(8,10)11/h6-7H,3-5H2,1-2H3. The first kappa shape index (κ1) is 7.51. The second kappa shape index (κ2) is 1.78. The number of hydrogen-bond donors (Lipinski definition) is 0. The maximum atomic E-state index is 12.7. The van der Waals surface area contributed by atoms with E-state index in [4.69, 9.17) is 0 Å². The molecule has 2 rings (SSSR count). The van der Waals surface area contributed by atoms with Gasteiger partial charge in [-0.25, -0.2) is 8.78 Å². The third-order valence-corrected chi connectivity index (χ3v) is 3.46. The lowest BCUT2D eigenvalue weighted by Gasteiger charge is -2.38. The molecule has 0 aromatic rings. The van der Waals surface area contributed by atoms with Crippen molar-refractivity contribution in [2.24, 2.45) is 17.3 Å². The van der Waals surface area contributed by atoms with E-state index in [1.54, 1.807) is 0 Å². The van der Waals surface area contributed by atoms with Gasteiger partial charge < -0.3 is 0 Å². The number of halogens is 2. The van der Waals surface area contributed by atoms with Crippen LogP contribution < -0.4 is 0 Å². The molecular formula is C9H14F2. The highest BCUT2D eigenvalue weighted by Crippen LogP contribution is 2.73. The second-order valence-electron chi connectivity index (χ2n) is 4.57. The van der Waals surface area contributed by atoms with Crippen molar-refractivity contribution in [2.45, 2.75) is 39.0 Å². The van der Waals surface area contributed by atoms with Crippen LogP contribution in [0.5, 0.6) is 0 Å². The van der Waals surface area contributed by atoms with Gasteiger partial charge in [0.25, 0.3) is 5.92 Å². The molecule has 0 bridgehead atoms. The van der Waals surface area contributed by atoms with E-state index in [9.17, 15) is 8.78 Å². The average molecular weight is 160 g/mol. The summed E-state index contributed by atoms with van der Waals surface area (Å²) in [5, 5.41) is 0. The molecule has 0 unspecified atom stereocenters. The van der Waals surface area contributed by atoms with Gasteiger partial charge in [0.05, 0.1) is 0 Å². The third kappa shape index (κ3) is 0.844. The highest BCUT2D eigenvalue weighted by molar-refractivity contribution is 5.17. The first-order chi connectivity index (χ1) is 4.97. The van der Waals surface area contributed by atoms with E-state index >= 15 is 0 Å². The maximum absolute atomic E-state index is 12.7. The lowest BCUT2D eigenvalue weighted by atomic mass is 9.66. The fourth-order valence-corrected chi connectivity index (χ4v) is 2.24. The number of rotatable bonds is 1. The Labute approximate surface area is 66.0 Å². The minimum absolute atomic E-state index is 0.170. The number of alkyl halides is 2. The van der Waals surface area contributed by atoms with Gasteiger partial charge in [-0.3, -0.25) is 0 Å². The summed E-state index contributed by atoms with van der Waals surface area (Å²) in [5.74, 6) is -1.13. The topological polar surface area (TPSA) is 0 Å². The predicted molar refractivity (Wildman–Crippen MR) is 39.6 cm³/mol. The smallest absolute Gasteiger partial charge is 0.206 e. The lowest BCUT2D eigenvalue weighted by molar-refractivity contribution is -0.0110. The molecule has 0 heterocycles. The van der Waals surface area contributed by atoms with Gasteiger partial charge in [-0.2, -0.15) is 0 Å². The summed E-state index contributed by atoms with van der Waals surface area (Å²) in [6, 6.07) is 0. The first-order valence-corrected chi connectivity index (χ1v) is 4.35. The SMILES string of the molecule is CC(C)C1CC2(C1)CC2(F)F. The van der Waals surface area contributed by atoms with E-state index in [1.165, 1.54) is 0 Å². The summed E-state index contributed by atoms with van der Waals surface area (Å²) < 4.78 is 25.3. The first-order valence-electron chi connectivity index (χ1n) is 4.35. The van der Waals surface area contributed by atoms with E-state index in [1.807, 2.05) is 0 Å². The fourth-order valence-electron chi connectivity index (χ4n) is 2.24. The minimum atomic E-state index is -2.29. The van der Waals surface area contributed by atoms with Gasteiger partial charge in [0.1, 0.15) is 0 Å². The minimum Gasteiger partial charge on any atom is -0.206 e. The molecule has 0 N–H and O–H groups in total. The van der Waals surface area contributed by atoms with Crippen molar-refractivity contribution < 1.29 is 8.78 Å². The van der Waals surface area contributed by atoms with E-state index in [0.29, 0.717) is 11.8 Å². The molecule has 64 valence electrons. The summed E-state index contributed by atoms with van der Waals surface area (Å²) in [6.07, 6.45) is 1.72. The normalized spacial score (nSPS) is 46.1. The molecule has 0 nitrogen and oxygen atoms in total. The van der Waals surface area contributed by atoms with Gasteiger partial charge >= 0.3 is 0 Å². The molecule has 0 radical (unpaired) electrons. The predicted octanol–water partition coefficient (Wildman–Crippen LogP) is 3.08. The molecule has 0 aromatic heterocycles. The van der Waals surface area contributed by atoms with Gasteiger partial charge in [0.15, 0.2) is 0 Å². The molecular weight excluding hydrogens is 146 g/mol. The Kier molecular flexibility index (Phi) is 1.21. The number of hydrogen-bond acceptors (Lipinski definition) is 0. The van der Waals surface area contributed by atoms with Crippen LogP contribution in [0.25, 0.3) is 0 Å². The van der Waals surface area contributed by atoms with E-state index in [0.717, 1.165) is 12.8 Å². The van der Waals surface area contributed by atoms with E-state index in [2.05, 4.69) is 13.8 Å². The zero-order valence-electron chi connectivity index (χ0n) is 7.03. The van der Waals surface area contributed by atoms with Gasteiger partial charge in [0, 0.05) is 11.8 Å². The quantitative estimate of drug-likeness (QED) is 0.553. The van der Waals surface area contributed by atoms with Crippen molar-refractivity contribution in [1.82, 2.24) is 0 Å². The molecule has 11 heavy (non-hydrogen) atoms. The summed E-state index contributed by atoms with van der Waals surface area (Å²) in [4.78, 5) is 0. The Morgan fingerprint density at radius 2 is 1.73 bits per heavy atom. The third-order valence-electron chi connectivity index (χ3n) is 3.46. The van der Waals surface area contributed by atoms with Gasteiger partial charge in [-0.15, -0.1) is 0 Å². The summed E-state index contributed by atoms with van der Waals surface area (Å²) in [6.45, 7) is 4.25. The monoisotopic (exact) mass is 160 g/mol. The molecule has 2 aliphatic carbocycles. The molecule has 2 saturated carbocycles. The molecule has 2 fully saturated rings. The van der Waals surface area contributed by atoms with Crippen molar-refractivity contribution >= 4 is 0 Å². The molecule has 2 aliphatic rings. The largest absolute Gasteiger partial charge is 0.254 e. The molecule has 0 saturated heterocycles. The Morgan fingerprint density at radius 3 is 2.00 bits per heavy atom. The molecule has 0 amide bonds. The van der Waals surface area contributed by atoms with Crippen LogP contribution in [-0.2, 0) is 0 Å². The molecule has 1 spiro atoms. The van der Waals surface area contributed by atoms with Crippen LogP contribution in [0.4, 0.5) is 8.78 Å². The maximum Gasteiger partial charge on any atom is 0.254 e. The van der Waals surface area contributed by atoms with Crippen molar-refractivity contribution in [1.29, 1.82) is 0 Å². The van der Waals surface area contributed by atoms with Gasteiger partial charge in [-0.05, 0) is 24.7 Å². The lowest BCUT2D eigenvalue weighted by Crippen LogP contribution is -2.33. The van der Waals surface area contributed by atoms with Crippen molar-refractivity contribution in [3.8, 4) is 0 Å². The van der Waals surface area contributed by atoms with Gasteiger partial charge in [0.2, 0.25) is 0 Å². The molecule has 0 aromatic carbocycles. The zero-order chi connectivity index (χ0) is 8.28. The van der Waals surface area contributed by atoms with Crippen molar-refractivity contribution in [3.05, 3.63) is 0 Å². The van der Waals surface area contributed by atoms with Crippen LogP contribution in [0, 0.1) is 17.3 Å². The Morgan fingerprint density at radius 1 is 1.27 bits per heavy atom. The zero-order valence-corrected chi connectivity index (χ0v) is 7.03. The molecule has 2 heteroatoms. The Hall–Kier alpha value is -0.140. The fraction of sp³-hybridized carbons (Fsp3) is 1.00. The highest BCUT2D eigenvalue weighted by atomic mass is 19.3. The molecule has 0 aliphatic heterocycles. The Balaban J connectivity index is 1.90. The highest BCUT2D eigenvalue weighted by Gasteiger charge is 2.75. The summed E-state index contributed by atoms with van der Waals surface area (Å²) in [5.41, 5.74) is -0.512. The van der Waals surface area contributed by atoms with Crippen LogP contribution in [0.2, 0.25) is 0 Å². The van der Waals surface area contributed by atoms with Crippen LogP contribution in [-0.4, -0.2) is 5.92 Å². The van der Waals surface area contributed by atoms with Crippen molar-refractivity contribution in [2.75, 3.05) is 0 Å². The molecule has 0 atom stereocenters.